The Morgan fingerprint density at radius 3 is 2.50 bits per heavy atom. The highest BCUT2D eigenvalue weighted by molar-refractivity contribution is 5.93. The minimum absolute atomic E-state index is 0.171. The molecule has 30 heavy (non-hydrogen) atoms. The van der Waals surface area contributed by atoms with E-state index in [9.17, 15) is 24.6 Å². The van der Waals surface area contributed by atoms with Crippen LogP contribution in [0.15, 0.2) is 11.1 Å². The van der Waals surface area contributed by atoms with Gasteiger partial charge in [0.1, 0.15) is 12.2 Å². The highest BCUT2D eigenvalue weighted by Gasteiger charge is 2.72. The first-order valence-electron chi connectivity index (χ1n) is 10.6. The lowest BCUT2D eigenvalue weighted by Crippen LogP contribution is -2.70. The van der Waals surface area contributed by atoms with Crippen LogP contribution in [-0.2, 0) is 28.6 Å². The topological polar surface area (TPSA) is 119 Å². The van der Waals surface area contributed by atoms with Crippen LogP contribution in [0, 0.1) is 17.3 Å². The van der Waals surface area contributed by atoms with Crippen LogP contribution in [0.5, 0.6) is 0 Å². The lowest BCUT2D eigenvalue weighted by Gasteiger charge is -2.61. The van der Waals surface area contributed by atoms with Crippen LogP contribution in [0.2, 0.25) is 0 Å². The number of ether oxygens (including phenoxy) is 3. The third kappa shape index (κ3) is 3.15. The molecule has 2 aliphatic carbocycles. The second kappa shape index (κ2) is 7.34. The maximum Gasteiger partial charge on any atom is 0.336 e. The smallest absolute Gasteiger partial charge is 0.336 e. The highest BCUT2D eigenvalue weighted by Crippen LogP contribution is 2.62. The Labute approximate surface area is 176 Å². The van der Waals surface area contributed by atoms with E-state index in [2.05, 4.69) is 0 Å². The van der Waals surface area contributed by atoms with Crippen molar-refractivity contribution in [2.24, 2.45) is 17.3 Å². The monoisotopic (exact) mass is 424 g/mol. The Morgan fingerprint density at radius 2 is 1.93 bits per heavy atom. The van der Waals surface area contributed by atoms with Crippen LogP contribution < -0.4 is 0 Å². The molecule has 0 aromatic rings. The Morgan fingerprint density at radius 1 is 1.30 bits per heavy atom. The zero-order valence-electron chi connectivity index (χ0n) is 18.5. The van der Waals surface area contributed by atoms with Gasteiger partial charge in [-0.25, -0.2) is 4.79 Å². The van der Waals surface area contributed by atoms with E-state index in [-0.39, 0.29) is 24.0 Å². The fourth-order valence-corrected chi connectivity index (χ4v) is 5.34. The standard InChI is InChI=1S/C22H32O8/c1-7-11(2)18(24)29-17-16-12(3)19(25)30-22(16,27)10-21(26)9-8-15(28-14(5)23)13(4)20(17,21)6/h11,13,15,17,26-27H,7-10H2,1-6H3. The van der Waals surface area contributed by atoms with Crippen LogP contribution in [0.1, 0.15) is 67.2 Å². The number of carbonyl (C=O) groups is 3. The van der Waals surface area contributed by atoms with Gasteiger partial charge in [0.05, 0.1) is 17.1 Å². The van der Waals surface area contributed by atoms with Crippen LogP contribution in [-0.4, -0.2) is 51.7 Å². The van der Waals surface area contributed by atoms with Gasteiger partial charge in [-0.3, -0.25) is 9.59 Å². The molecule has 2 fully saturated rings. The summed E-state index contributed by atoms with van der Waals surface area (Å²) in [7, 11) is 0. The number of esters is 3. The number of fused-ring (bicyclic) bond motifs is 2. The number of rotatable bonds is 4. The molecule has 2 N–H and O–H groups in total. The zero-order valence-corrected chi connectivity index (χ0v) is 18.5. The molecular formula is C22H32O8. The fraction of sp³-hybridized carbons (Fsp3) is 0.773. The summed E-state index contributed by atoms with van der Waals surface area (Å²) in [5, 5.41) is 22.9. The normalized spacial score (nSPS) is 41.5. The number of hydrogen-bond donors (Lipinski definition) is 2. The van der Waals surface area contributed by atoms with Crippen molar-refractivity contribution in [3.8, 4) is 0 Å². The van der Waals surface area contributed by atoms with Crippen molar-refractivity contribution in [3.05, 3.63) is 11.1 Å². The molecule has 0 bridgehead atoms. The van der Waals surface area contributed by atoms with Gasteiger partial charge >= 0.3 is 17.9 Å². The van der Waals surface area contributed by atoms with Crippen LogP contribution in [0.25, 0.3) is 0 Å². The Balaban J connectivity index is 2.15. The third-order valence-corrected chi connectivity index (χ3v) is 7.65. The van der Waals surface area contributed by atoms with E-state index in [1.165, 1.54) is 13.8 Å². The first-order valence-corrected chi connectivity index (χ1v) is 10.6. The molecule has 3 rings (SSSR count). The second-order valence-corrected chi connectivity index (χ2v) is 9.31. The molecule has 3 aliphatic rings. The van der Waals surface area contributed by atoms with E-state index < -0.39 is 58.8 Å². The lowest BCUT2D eigenvalue weighted by atomic mass is 9.49. The van der Waals surface area contributed by atoms with Gasteiger partial charge in [0.2, 0.25) is 5.79 Å². The van der Waals surface area contributed by atoms with E-state index in [0.717, 1.165) is 0 Å². The van der Waals surface area contributed by atoms with Crippen LogP contribution >= 0.6 is 0 Å². The number of hydrogen-bond acceptors (Lipinski definition) is 8. The predicted molar refractivity (Wildman–Crippen MR) is 105 cm³/mol. The van der Waals surface area contributed by atoms with Crippen molar-refractivity contribution in [3.63, 3.8) is 0 Å². The summed E-state index contributed by atoms with van der Waals surface area (Å²) in [5.41, 5.74) is -2.28. The number of aliphatic hydroxyl groups is 2. The molecule has 0 radical (unpaired) electrons. The molecular weight excluding hydrogens is 392 g/mol. The van der Waals surface area contributed by atoms with Crippen molar-refractivity contribution >= 4 is 17.9 Å². The van der Waals surface area contributed by atoms with Crippen molar-refractivity contribution in [1.82, 2.24) is 0 Å². The van der Waals surface area contributed by atoms with Gasteiger partial charge in [-0.2, -0.15) is 0 Å². The summed E-state index contributed by atoms with van der Waals surface area (Å²) in [6.07, 6.45) is -0.722. The molecule has 1 aliphatic heterocycles. The van der Waals surface area contributed by atoms with Crippen molar-refractivity contribution in [2.45, 2.75) is 90.8 Å². The molecule has 7 unspecified atom stereocenters. The predicted octanol–water partition coefficient (Wildman–Crippen LogP) is 2.01. The van der Waals surface area contributed by atoms with Crippen molar-refractivity contribution < 1.29 is 38.8 Å². The number of carbonyl (C=O) groups excluding carboxylic acids is 3. The van der Waals surface area contributed by atoms with Crippen LogP contribution in [0.4, 0.5) is 0 Å². The van der Waals surface area contributed by atoms with Crippen molar-refractivity contribution in [1.29, 1.82) is 0 Å². The van der Waals surface area contributed by atoms with Gasteiger partial charge in [-0.1, -0.05) is 27.7 Å². The van der Waals surface area contributed by atoms with E-state index in [1.54, 1.807) is 13.8 Å². The molecule has 1 heterocycles. The molecule has 0 aromatic carbocycles. The molecule has 0 spiro atoms. The van der Waals surface area contributed by atoms with Crippen molar-refractivity contribution in [2.75, 3.05) is 0 Å². The molecule has 8 nitrogen and oxygen atoms in total. The molecule has 168 valence electrons. The largest absolute Gasteiger partial charge is 0.462 e. The van der Waals surface area contributed by atoms with Gasteiger partial charge in [0.15, 0.2) is 0 Å². The summed E-state index contributed by atoms with van der Waals surface area (Å²) in [6.45, 7) is 10.0. The van der Waals surface area contributed by atoms with E-state index in [4.69, 9.17) is 14.2 Å². The SMILES string of the molecule is CCC(C)C(=O)OC1C2=C(C)C(=O)OC2(O)CC2(O)CCC(OC(C)=O)C(C)C12C. The molecule has 0 amide bonds. The third-order valence-electron chi connectivity index (χ3n) is 7.65. The van der Waals surface area contributed by atoms with E-state index in [1.807, 2.05) is 13.8 Å². The van der Waals surface area contributed by atoms with Crippen LogP contribution in [0.3, 0.4) is 0 Å². The molecule has 8 heteroatoms. The van der Waals surface area contributed by atoms with E-state index in [0.29, 0.717) is 12.8 Å². The Kier molecular flexibility index (Phi) is 5.56. The summed E-state index contributed by atoms with van der Waals surface area (Å²) in [6, 6.07) is 0. The summed E-state index contributed by atoms with van der Waals surface area (Å²) in [5.74, 6) is -4.49. The average molecular weight is 424 g/mol. The van der Waals surface area contributed by atoms with Gasteiger partial charge in [-0.05, 0) is 26.2 Å². The quantitative estimate of drug-likeness (QED) is 0.520. The summed E-state index contributed by atoms with van der Waals surface area (Å²) in [4.78, 5) is 36.8. The summed E-state index contributed by atoms with van der Waals surface area (Å²) < 4.78 is 16.7. The zero-order chi connectivity index (χ0) is 22.6. The maximum absolute atomic E-state index is 12.8. The minimum Gasteiger partial charge on any atom is -0.462 e. The molecule has 7 atom stereocenters. The van der Waals surface area contributed by atoms with E-state index >= 15 is 0 Å². The molecule has 0 aromatic heterocycles. The molecule has 2 saturated carbocycles. The second-order valence-electron chi connectivity index (χ2n) is 9.31. The Bertz CT molecular complexity index is 803. The Hall–Kier alpha value is -1.93. The highest BCUT2D eigenvalue weighted by atomic mass is 16.7. The maximum atomic E-state index is 12.8. The van der Waals surface area contributed by atoms with Gasteiger partial charge < -0.3 is 24.4 Å². The summed E-state index contributed by atoms with van der Waals surface area (Å²) >= 11 is 0. The first kappa shape index (κ1) is 22.7. The van der Waals surface area contributed by atoms with Gasteiger partial charge in [0.25, 0.3) is 0 Å². The van der Waals surface area contributed by atoms with Gasteiger partial charge in [-0.15, -0.1) is 0 Å². The van der Waals surface area contributed by atoms with Gasteiger partial charge in [0, 0.05) is 30.3 Å². The lowest BCUT2D eigenvalue weighted by molar-refractivity contribution is -0.286. The molecule has 0 saturated heterocycles. The minimum atomic E-state index is -2.04. The average Bonchev–Trinajstić information content (AvgIpc) is 2.87. The first-order chi connectivity index (χ1) is 13.8. The fourth-order valence-electron chi connectivity index (χ4n) is 5.34.